The maximum atomic E-state index is 13.8. The van der Waals surface area contributed by atoms with E-state index in [2.05, 4.69) is 4.98 Å². The second-order valence-electron chi connectivity index (χ2n) is 5.68. The Morgan fingerprint density at radius 1 is 1.24 bits per heavy atom. The fourth-order valence-corrected chi connectivity index (χ4v) is 2.90. The zero-order valence-electron chi connectivity index (χ0n) is 11.3. The van der Waals surface area contributed by atoms with Crippen molar-refractivity contribution in [3.63, 3.8) is 0 Å². The quantitative estimate of drug-likeness (QED) is 0.771. The van der Waals surface area contributed by atoms with Gasteiger partial charge in [-0.2, -0.15) is 13.2 Å². The molecule has 3 rings (SSSR count). The largest absolute Gasteiger partial charge is 0.474 e. The zero-order chi connectivity index (χ0) is 15.4. The molecular formula is C14H14F5NO. The molecule has 0 aromatic carbocycles. The molecule has 0 bridgehead atoms. The average molecular weight is 307 g/mol. The smallest absolute Gasteiger partial charge is 0.418 e. The summed E-state index contributed by atoms with van der Waals surface area (Å²) in [4.78, 5) is 3.70. The van der Waals surface area contributed by atoms with Gasteiger partial charge >= 0.3 is 6.18 Å². The van der Waals surface area contributed by atoms with Gasteiger partial charge in [0, 0.05) is 36.9 Å². The van der Waals surface area contributed by atoms with Crippen LogP contribution in [0.2, 0.25) is 0 Å². The molecule has 21 heavy (non-hydrogen) atoms. The number of nitrogens with zero attached hydrogens (tertiary/aromatic N) is 1. The maximum absolute atomic E-state index is 13.8. The SMILES string of the molecule is C[C@H]1c2c(C(F)(F)F)cnc(OC3CC(F)C3)c2C[C@H]1F. The number of alkyl halides is 5. The Labute approximate surface area is 118 Å². The van der Waals surface area contributed by atoms with Gasteiger partial charge < -0.3 is 4.74 Å². The fraction of sp³-hybridized carbons (Fsp3) is 0.643. The van der Waals surface area contributed by atoms with Crippen molar-refractivity contribution in [3.05, 3.63) is 22.9 Å². The molecule has 7 heteroatoms. The summed E-state index contributed by atoms with van der Waals surface area (Å²) in [6.45, 7) is 1.43. The van der Waals surface area contributed by atoms with Gasteiger partial charge in [-0.05, 0) is 5.56 Å². The molecule has 0 spiro atoms. The third-order valence-electron chi connectivity index (χ3n) is 4.20. The van der Waals surface area contributed by atoms with Gasteiger partial charge in [0.25, 0.3) is 0 Å². The molecule has 0 radical (unpaired) electrons. The minimum Gasteiger partial charge on any atom is -0.474 e. The first-order valence-electron chi connectivity index (χ1n) is 6.81. The third-order valence-corrected chi connectivity index (χ3v) is 4.20. The predicted octanol–water partition coefficient (Wildman–Crippen LogP) is 3.98. The number of hydrogen-bond donors (Lipinski definition) is 0. The third kappa shape index (κ3) is 2.46. The summed E-state index contributed by atoms with van der Waals surface area (Å²) in [7, 11) is 0. The van der Waals surface area contributed by atoms with Crippen LogP contribution in [0.4, 0.5) is 22.0 Å². The van der Waals surface area contributed by atoms with Crippen LogP contribution >= 0.6 is 0 Å². The fourth-order valence-electron chi connectivity index (χ4n) is 2.90. The van der Waals surface area contributed by atoms with E-state index in [1.807, 2.05) is 0 Å². The first-order valence-corrected chi connectivity index (χ1v) is 6.81. The molecule has 0 saturated heterocycles. The first kappa shape index (κ1) is 14.5. The highest BCUT2D eigenvalue weighted by Gasteiger charge is 2.43. The van der Waals surface area contributed by atoms with Gasteiger partial charge in [0.2, 0.25) is 5.88 Å². The van der Waals surface area contributed by atoms with Gasteiger partial charge in [-0.1, -0.05) is 6.92 Å². The maximum Gasteiger partial charge on any atom is 0.418 e. The van der Waals surface area contributed by atoms with Crippen LogP contribution in [0.5, 0.6) is 5.88 Å². The number of pyridine rings is 1. The van der Waals surface area contributed by atoms with Crippen LogP contribution in [0, 0.1) is 0 Å². The van der Waals surface area contributed by atoms with Crippen molar-refractivity contribution in [2.75, 3.05) is 0 Å². The number of hydrogen-bond acceptors (Lipinski definition) is 2. The second kappa shape index (κ2) is 4.81. The van der Waals surface area contributed by atoms with Crippen molar-refractivity contribution in [2.45, 2.75) is 56.7 Å². The number of ether oxygens (including phenoxy) is 1. The summed E-state index contributed by atoms with van der Waals surface area (Å²) in [5.41, 5.74) is -0.808. The predicted molar refractivity (Wildman–Crippen MR) is 64.8 cm³/mol. The minimum atomic E-state index is -4.57. The Balaban J connectivity index is 1.97. The number of fused-ring (bicyclic) bond motifs is 1. The van der Waals surface area contributed by atoms with Crippen LogP contribution in [0.3, 0.4) is 0 Å². The molecule has 0 N–H and O–H groups in total. The van der Waals surface area contributed by atoms with Gasteiger partial charge in [0.1, 0.15) is 18.4 Å². The Morgan fingerprint density at radius 2 is 1.90 bits per heavy atom. The Hall–Kier alpha value is -1.40. The van der Waals surface area contributed by atoms with Crippen LogP contribution in [-0.4, -0.2) is 23.4 Å². The van der Waals surface area contributed by atoms with E-state index >= 15 is 0 Å². The number of halogens is 5. The van der Waals surface area contributed by atoms with Crippen molar-refractivity contribution in [2.24, 2.45) is 0 Å². The molecule has 1 heterocycles. The summed E-state index contributed by atoms with van der Waals surface area (Å²) in [6, 6.07) is 0. The van der Waals surface area contributed by atoms with Gasteiger partial charge in [-0.3, -0.25) is 0 Å². The van der Waals surface area contributed by atoms with Crippen LogP contribution in [0.25, 0.3) is 0 Å². The molecular weight excluding hydrogens is 293 g/mol. The lowest BCUT2D eigenvalue weighted by Gasteiger charge is -2.30. The molecule has 2 nitrogen and oxygen atoms in total. The molecule has 0 unspecified atom stereocenters. The highest BCUT2D eigenvalue weighted by Crippen LogP contribution is 2.46. The summed E-state index contributed by atoms with van der Waals surface area (Å²) in [6.07, 6.45) is -6.34. The Bertz CT molecular complexity index is 553. The van der Waals surface area contributed by atoms with Crippen LogP contribution in [0.1, 0.15) is 42.4 Å². The van der Waals surface area contributed by atoms with Crippen molar-refractivity contribution < 1.29 is 26.7 Å². The normalized spacial score (nSPS) is 31.7. The summed E-state index contributed by atoms with van der Waals surface area (Å²) in [5, 5.41) is 0. The molecule has 2 aliphatic rings. The number of aromatic nitrogens is 1. The van der Waals surface area contributed by atoms with Crippen LogP contribution in [-0.2, 0) is 12.6 Å². The van der Waals surface area contributed by atoms with Gasteiger partial charge in [0.15, 0.2) is 0 Å². The first-order chi connectivity index (χ1) is 9.77. The van der Waals surface area contributed by atoms with Gasteiger partial charge in [-0.25, -0.2) is 13.8 Å². The van der Waals surface area contributed by atoms with E-state index in [9.17, 15) is 22.0 Å². The molecule has 2 atom stereocenters. The lowest BCUT2D eigenvalue weighted by molar-refractivity contribution is -0.138. The second-order valence-corrected chi connectivity index (χ2v) is 5.68. The average Bonchev–Trinajstić information content (AvgIpc) is 2.64. The van der Waals surface area contributed by atoms with Crippen LogP contribution in [0.15, 0.2) is 6.20 Å². The van der Waals surface area contributed by atoms with Crippen molar-refractivity contribution in [1.82, 2.24) is 4.98 Å². The van der Waals surface area contributed by atoms with E-state index in [-0.39, 0.29) is 42.4 Å². The lowest BCUT2D eigenvalue weighted by Crippen LogP contribution is -2.35. The monoisotopic (exact) mass is 307 g/mol. The Kier molecular flexibility index (Phi) is 3.33. The highest BCUT2D eigenvalue weighted by molar-refractivity contribution is 5.48. The topological polar surface area (TPSA) is 22.1 Å². The highest BCUT2D eigenvalue weighted by atomic mass is 19.4. The van der Waals surface area contributed by atoms with E-state index in [1.54, 1.807) is 0 Å². The van der Waals surface area contributed by atoms with E-state index in [4.69, 9.17) is 4.74 Å². The van der Waals surface area contributed by atoms with Crippen molar-refractivity contribution in [1.29, 1.82) is 0 Å². The van der Waals surface area contributed by atoms with Crippen LogP contribution < -0.4 is 4.74 Å². The van der Waals surface area contributed by atoms with Gasteiger partial charge in [-0.15, -0.1) is 0 Å². The molecule has 1 fully saturated rings. The molecule has 1 aromatic heterocycles. The minimum absolute atomic E-state index is 0.0156. The van der Waals surface area contributed by atoms with Crippen molar-refractivity contribution in [3.8, 4) is 5.88 Å². The van der Waals surface area contributed by atoms with E-state index in [0.717, 1.165) is 0 Å². The van der Waals surface area contributed by atoms with E-state index < -0.39 is 30.0 Å². The molecule has 0 aliphatic heterocycles. The zero-order valence-corrected chi connectivity index (χ0v) is 11.3. The molecule has 1 saturated carbocycles. The van der Waals surface area contributed by atoms with Crippen molar-refractivity contribution >= 4 is 0 Å². The molecule has 0 amide bonds. The standard InChI is InChI=1S/C14H14F5NO/c1-6-11(16)4-9-12(6)10(14(17,18)19)5-20-13(9)21-8-2-7(15)3-8/h5-8,11H,2-4H2,1H3/t6-,7?,8?,11-/m1/s1. The lowest BCUT2D eigenvalue weighted by atomic mass is 9.93. The van der Waals surface area contributed by atoms with E-state index in [1.165, 1.54) is 6.92 Å². The summed E-state index contributed by atoms with van der Waals surface area (Å²) >= 11 is 0. The number of rotatable bonds is 2. The Morgan fingerprint density at radius 3 is 2.48 bits per heavy atom. The van der Waals surface area contributed by atoms with Gasteiger partial charge in [0.05, 0.1) is 5.56 Å². The summed E-state index contributed by atoms with van der Waals surface area (Å²) in [5.74, 6) is -0.834. The molecule has 1 aromatic rings. The molecule has 116 valence electrons. The molecule has 2 aliphatic carbocycles. The van der Waals surface area contributed by atoms with E-state index in [0.29, 0.717) is 6.20 Å². The summed E-state index contributed by atoms with van der Waals surface area (Å²) < 4.78 is 71.1.